The lowest BCUT2D eigenvalue weighted by Crippen LogP contribution is -2.44. The summed E-state index contributed by atoms with van der Waals surface area (Å²) in [6, 6.07) is 5.69. The lowest BCUT2D eigenvalue weighted by Gasteiger charge is -2.30. The molecule has 0 saturated carbocycles. The van der Waals surface area contributed by atoms with Crippen LogP contribution in [0.1, 0.15) is 53.5 Å². The van der Waals surface area contributed by atoms with Gasteiger partial charge in [0.1, 0.15) is 11.4 Å². The maximum absolute atomic E-state index is 12.7. The molecule has 1 aromatic rings. The van der Waals surface area contributed by atoms with E-state index in [2.05, 4.69) is 19.2 Å². The lowest BCUT2D eigenvalue weighted by molar-refractivity contribution is -0.140. The molecule has 0 bridgehead atoms. The van der Waals surface area contributed by atoms with Crippen molar-refractivity contribution in [2.45, 2.75) is 66.6 Å². The van der Waals surface area contributed by atoms with Crippen molar-refractivity contribution >= 4 is 11.6 Å². The van der Waals surface area contributed by atoms with E-state index < -0.39 is 5.60 Å². The average Bonchev–Trinajstić information content (AvgIpc) is 2.40. The Hall–Kier alpha value is -1.55. The highest BCUT2D eigenvalue weighted by molar-refractivity contribution is 5.97. The molecule has 23 heavy (non-hydrogen) atoms. The van der Waals surface area contributed by atoms with E-state index in [4.69, 9.17) is 9.47 Å². The molecule has 0 aliphatic heterocycles. The summed E-state index contributed by atoms with van der Waals surface area (Å²) in [5.41, 5.74) is 0.945. The fourth-order valence-electron chi connectivity index (χ4n) is 2.69. The van der Waals surface area contributed by atoms with Gasteiger partial charge in [0, 0.05) is 12.3 Å². The summed E-state index contributed by atoms with van der Waals surface area (Å²) in [5, 5.41) is 2.97. The van der Waals surface area contributed by atoms with Crippen molar-refractivity contribution in [1.82, 2.24) is 0 Å². The van der Waals surface area contributed by atoms with E-state index in [-0.39, 0.29) is 12.0 Å². The predicted octanol–water partition coefficient (Wildman–Crippen LogP) is 4.56. The van der Waals surface area contributed by atoms with Gasteiger partial charge >= 0.3 is 0 Å². The normalized spacial score (nSPS) is 14.0. The Bertz CT molecular complexity index is 525. The third-order valence-corrected chi connectivity index (χ3v) is 3.54. The van der Waals surface area contributed by atoms with E-state index >= 15 is 0 Å². The number of benzene rings is 1. The smallest absolute Gasteiger partial charge is 0.256 e. The molecule has 4 nitrogen and oxygen atoms in total. The molecule has 1 rings (SSSR count). The largest absolute Gasteiger partial charge is 0.491 e. The molecular weight excluding hydrogens is 290 g/mol. The molecule has 1 unspecified atom stereocenters. The molecule has 0 spiro atoms. The standard InChI is InChI=1S/C19H31NO3/c1-8-22-19(7,12-13(2)3)18(21)20-16-9-10-17(15(6)11-16)23-14(4)5/h9-11,13-14H,8,12H2,1-7H3,(H,20,21). The van der Waals surface area contributed by atoms with Gasteiger partial charge < -0.3 is 14.8 Å². The molecule has 0 heterocycles. The number of carbonyl (C=O) groups is 1. The molecule has 0 aromatic heterocycles. The van der Waals surface area contributed by atoms with Gasteiger partial charge in [-0.1, -0.05) is 13.8 Å². The molecule has 130 valence electrons. The van der Waals surface area contributed by atoms with Gasteiger partial charge in [0.05, 0.1) is 6.10 Å². The van der Waals surface area contributed by atoms with Gasteiger partial charge in [-0.3, -0.25) is 4.79 Å². The van der Waals surface area contributed by atoms with Gasteiger partial charge in [-0.05, 0) is 70.7 Å². The zero-order chi connectivity index (χ0) is 17.6. The minimum atomic E-state index is -0.816. The molecule has 0 fully saturated rings. The Morgan fingerprint density at radius 3 is 2.39 bits per heavy atom. The molecule has 1 N–H and O–H groups in total. The number of nitrogens with one attached hydrogen (secondary N) is 1. The van der Waals surface area contributed by atoms with E-state index in [1.165, 1.54) is 0 Å². The number of rotatable bonds is 8. The Labute approximate surface area is 140 Å². The van der Waals surface area contributed by atoms with E-state index in [0.29, 0.717) is 18.9 Å². The van der Waals surface area contributed by atoms with E-state index in [1.54, 1.807) is 0 Å². The maximum atomic E-state index is 12.7. The average molecular weight is 321 g/mol. The molecule has 1 aromatic carbocycles. The summed E-state index contributed by atoms with van der Waals surface area (Å²) in [5.74, 6) is 1.11. The summed E-state index contributed by atoms with van der Waals surface area (Å²) < 4.78 is 11.5. The zero-order valence-electron chi connectivity index (χ0n) is 15.5. The van der Waals surface area contributed by atoms with Gasteiger partial charge in [0.2, 0.25) is 0 Å². The van der Waals surface area contributed by atoms with Gasteiger partial charge in [-0.15, -0.1) is 0 Å². The SMILES string of the molecule is CCOC(C)(CC(C)C)C(=O)Nc1ccc(OC(C)C)c(C)c1. The van der Waals surface area contributed by atoms with Crippen molar-refractivity contribution in [1.29, 1.82) is 0 Å². The van der Waals surface area contributed by atoms with E-state index in [9.17, 15) is 4.79 Å². The summed E-state index contributed by atoms with van der Waals surface area (Å²) in [7, 11) is 0. The Morgan fingerprint density at radius 1 is 1.26 bits per heavy atom. The highest BCUT2D eigenvalue weighted by Gasteiger charge is 2.34. The number of aryl methyl sites for hydroxylation is 1. The van der Waals surface area contributed by atoms with Crippen LogP contribution in [0.3, 0.4) is 0 Å². The summed E-state index contributed by atoms with van der Waals surface area (Å²) in [6.45, 7) is 14.4. The number of hydrogen-bond donors (Lipinski definition) is 1. The fraction of sp³-hybridized carbons (Fsp3) is 0.632. The van der Waals surface area contributed by atoms with Crippen LogP contribution in [0.5, 0.6) is 5.75 Å². The third-order valence-electron chi connectivity index (χ3n) is 3.54. The monoisotopic (exact) mass is 321 g/mol. The van der Waals surface area contributed by atoms with E-state index in [1.807, 2.05) is 52.8 Å². The zero-order valence-corrected chi connectivity index (χ0v) is 15.5. The summed E-state index contributed by atoms with van der Waals surface area (Å²) in [4.78, 5) is 12.7. The number of amides is 1. The topological polar surface area (TPSA) is 47.6 Å². The molecule has 0 radical (unpaired) electrons. The second-order valence-electron chi connectivity index (χ2n) is 6.86. The van der Waals surface area contributed by atoms with E-state index in [0.717, 1.165) is 17.0 Å². The Morgan fingerprint density at radius 2 is 1.91 bits per heavy atom. The van der Waals surface area contributed by atoms with Crippen molar-refractivity contribution in [2.24, 2.45) is 5.92 Å². The predicted molar refractivity (Wildman–Crippen MR) is 95.1 cm³/mol. The van der Waals surface area contributed by atoms with Gasteiger partial charge in [-0.25, -0.2) is 0 Å². The first-order valence-corrected chi connectivity index (χ1v) is 8.40. The Kier molecular flexibility index (Phi) is 7.07. The minimum absolute atomic E-state index is 0.107. The maximum Gasteiger partial charge on any atom is 0.256 e. The summed E-state index contributed by atoms with van der Waals surface area (Å²) in [6.07, 6.45) is 0.807. The van der Waals surface area contributed by atoms with Crippen LogP contribution < -0.4 is 10.1 Å². The molecular formula is C19H31NO3. The van der Waals surface area contributed by atoms with Crippen LogP contribution in [-0.4, -0.2) is 24.2 Å². The van der Waals surface area contributed by atoms with Gasteiger partial charge in [-0.2, -0.15) is 0 Å². The molecule has 1 atom stereocenters. The minimum Gasteiger partial charge on any atom is -0.491 e. The lowest BCUT2D eigenvalue weighted by atomic mass is 9.93. The summed E-state index contributed by atoms with van der Waals surface area (Å²) >= 11 is 0. The first-order chi connectivity index (χ1) is 10.7. The number of ether oxygens (including phenoxy) is 2. The second-order valence-corrected chi connectivity index (χ2v) is 6.86. The number of anilines is 1. The molecule has 4 heteroatoms. The third kappa shape index (κ3) is 5.87. The van der Waals surface area contributed by atoms with Gasteiger partial charge in [0.15, 0.2) is 0 Å². The highest BCUT2D eigenvalue weighted by atomic mass is 16.5. The highest BCUT2D eigenvalue weighted by Crippen LogP contribution is 2.26. The quantitative estimate of drug-likeness (QED) is 0.763. The van der Waals surface area contributed by atoms with Crippen LogP contribution in [0.2, 0.25) is 0 Å². The molecule has 0 saturated heterocycles. The van der Waals surface area contributed by atoms with Crippen LogP contribution in [-0.2, 0) is 9.53 Å². The fourth-order valence-corrected chi connectivity index (χ4v) is 2.69. The van der Waals surface area contributed by atoms with Crippen molar-refractivity contribution in [3.8, 4) is 5.75 Å². The van der Waals surface area contributed by atoms with Crippen LogP contribution in [0, 0.1) is 12.8 Å². The molecule has 0 aliphatic rings. The van der Waals surface area contributed by atoms with Crippen molar-refractivity contribution < 1.29 is 14.3 Å². The van der Waals surface area contributed by atoms with Crippen molar-refractivity contribution in [2.75, 3.05) is 11.9 Å². The van der Waals surface area contributed by atoms with Crippen molar-refractivity contribution in [3.05, 3.63) is 23.8 Å². The van der Waals surface area contributed by atoms with Crippen LogP contribution >= 0.6 is 0 Å². The van der Waals surface area contributed by atoms with Crippen LogP contribution in [0.25, 0.3) is 0 Å². The Balaban J connectivity index is 2.88. The van der Waals surface area contributed by atoms with Crippen LogP contribution in [0.4, 0.5) is 5.69 Å². The second kappa shape index (κ2) is 8.34. The molecule has 1 amide bonds. The van der Waals surface area contributed by atoms with Crippen molar-refractivity contribution in [3.63, 3.8) is 0 Å². The number of hydrogen-bond acceptors (Lipinski definition) is 3. The first kappa shape index (κ1) is 19.5. The number of carbonyl (C=O) groups excluding carboxylic acids is 1. The molecule has 0 aliphatic carbocycles. The van der Waals surface area contributed by atoms with Crippen LogP contribution in [0.15, 0.2) is 18.2 Å². The first-order valence-electron chi connectivity index (χ1n) is 8.40. The van der Waals surface area contributed by atoms with Gasteiger partial charge in [0.25, 0.3) is 5.91 Å².